The summed E-state index contributed by atoms with van der Waals surface area (Å²) in [6, 6.07) is 7.44. The number of methoxy groups -OCH3 is 3. The van der Waals surface area contributed by atoms with E-state index in [0.29, 0.717) is 41.5 Å². The normalized spacial score (nSPS) is 17.0. The molecule has 0 spiro atoms. The van der Waals surface area contributed by atoms with Crippen LogP contribution in [0.5, 0.6) is 17.2 Å². The molecule has 0 amide bonds. The van der Waals surface area contributed by atoms with Crippen molar-refractivity contribution in [3.63, 3.8) is 0 Å². The van der Waals surface area contributed by atoms with Gasteiger partial charge in [-0.05, 0) is 25.1 Å². The number of aliphatic imine (C=N–C) groups is 1. The minimum Gasteiger partial charge on any atom is -0.493 e. The summed E-state index contributed by atoms with van der Waals surface area (Å²) in [6.45, 7) is 2.41. The van der Waals surface area contributed by atoms with Crippen molar-refractivity contribution < 1.29 is 18.6 Å². The third-order valence-corrected chi connectivity index (χ3v) is 5.68. The minimum atomic E-state index is -0.348. The summed E-state index contributed by atoms with van der Waals surface area (Å²) in [5, 5.41) is 0.0710. The number of ether oxygens (including phenoxy) is 3. The molecule has 1 aliphatic heterocycles. The number of aryl methyl sites for hydroxylation is 1. The van der Waals surface area contributed by atoms with Crippen LogP contribution < -0.4 is 19.8 Å². The molecule has 0 saturated carbocycles. The highest BCUT2D eigenvalue weighted by molar-refractivity contribution is 7.99. The fourth-order valence-electron chi connectivity index (χ4n) is 3.17. The van der Waals surface area contributed by atoms with Crippen molar-refractivity contribution in [3.05, 3.63) is 51.6 Å². The van der Waals surface area contributed by atoms with Gasteiger partial charge in [0.25, 0.3) is 0 Å². The van der Waals surface area contributed by atoms with Gasteiger partial charge in [-0.15, -0.1) is 0 Å². The SMILES string of the molecule is COc1ccc(C2CC(c3ccc(C)oc3=O)=NCCS2)c(OC)c1OC. The van der Waals surface area contributed by atoms with Gasteiger partial charge in [0.2, 0.25) is 5.75 Å². The number of thioether (sulfide) groups is 1. The molecule has 1 aromatic heterocycles. The zero-order valence-electron chi connectivity index (χ0n) is 15.9. The fraction of sp³-hybridized carbons (Fsp3) is 0.400. The van der Waals surface area contributed by atoms with Gasteiger partial charge in [0.1, 0.15) is 5.76 Å². The Bertz CT molecular complexity index is 906. The van der Waals surface area contributed by atoms with Crippen LogP contribution in [0.1, 0.15) is 28.6 Å². The van der Waals surface area contributed by atoms with Crippen LogP contribution >= 0.6 is 11.8 Å². The van der Waals surface area contributed by atoms with E-state index in [1.54, 1.807) is 52.1 Å². The van der Waals surface area contributed by atoms with E-state index >= 15 is 0 Å². The third kappa shape index (κ3) is 3.98. The van der Waals surface area contributed by atoms with Gasteiger partial charge >= 0.3 is 5.63 Å². The Morgan fingerprint density at radius 2 is 1.85 bits per heavy atom. The highest BCUT2D eigenvalue weighted by Gasteiger charge is 2.26. The van der Waals surface area contributed by atoms with Crippen LogP contribution in [0.3, 0.4) is 0 Å². The molecular weight excluding hydrogens is 366 g/mol. The first-order chi connectivity index (χ1) is 13.1. The lowest BCUT2D eigenvalue weighted by Gasteiger charge is -2.21. The van der Waals surface area contributed by atoms with Gasteiger partial charge in [-0.2, -0.15) is 11.8 Å². The number of rotatable bonds is 5. The van der Waals surface area contributed by atoms with E-state index in [1.807, 2.05) is 12.1 Å². The maximum absolute atomic E-state index is 12.3. The van der Waals surface area contributed by atoms with Crippen LogP contribution in [-0.2, 0) is 0 Å². The molecule has 0 aliphatic carbocycles. The highest BCUT2D eigenvalue weighted by atomic mass is 32.2. The molecule has 1 atom stereocenters. The lowest BCUT2D eigenvalue weighted by molar-refractivity contribution is 0.322. The molecule has 2 heterocycles. The Hall–Kier alpha value is -2.41. The van der Waals surface area contributed by atoms with Crippen molar-refractivity contribution in [2.75, 3.05) is 33.6 Å². The van der Waals surface area contributed by atoms with Crippen LogP contribution in [0.2, 0.25) is 0 Å². The Morgan fingerprint density at radius 1 is 1.07 bits per heavy atom. The number of hydrogen-bond acceptors (Lipinski definition) is 7. The highest BCUT2D eigenvalue weighted by Crippen LogP contribution is 2.47. The van der Waals surface area contributed by atoms with Crippen LogP contribution in [0.15, 0.2) is 38.5 Å². The second-order valence-corrected chi connectivity index (χ2v) is 7.37. The maximum Gasteiger partial charge on any atom is 0.345 e. The van der Waals surface area contributed by atoms with E-state index in [4.69, 9.17) is 18.6 Å². The lowest BCUT2D eigenvalue weighted by atomic mass is 10.0. The van der Waals surface area contributed by atoms with Gasteiger partial charge in [0.05, 0.1) is 32.6 Å². The Kier molecular flexibility index (Phi) is 6.11. The van der Waals surface area contributed by atoms with Gasteiger partial charge < -0.3 is 18.6 Å². The van der Waals surface area contributed by atoms with Crippen molar-refractivity contribution in [2.45, 2.75) is 18.6 Å². The predicted molar refractivity (Wildman–Crippen MR) is 107 cm³/mol. The molecular formula is C20H23NO5S. The monoisotopic (exact) mass is 389 g/mol. The summed E-state index contributed by atoms with van der Waals surface area (Å²) in [4.78, 5) is 16.9. The van der Waals surface area contributed by atoms with E-state index in [-0.39, 0.29) is 10.9 Å². The minimum absolute atomic E-state index is 0.0710. The van der Waals surface area contributed by atoms with E-state index in [9.17, 15) is 4.79 Å². The Labute approximate surface area is 162 Å². The molecule has 0 N–H and O–H groups in total. The summed E-state index contributed by atoms with van der Waals surface area (Å²) in [5.41, 5.74) is 1.92. The van der Waals surface area contributed by atoms with E-state index < -0.39 is 0 Å². The smallest absolute Gasteiger partial charge is 0.345 e. The van der Waals surface area contributed by atoms with E-state index in [1.165, 1.54) is 0 Å². The molecule has 1 aliphatic rings. The van der Waals surface area contributed by atoms with Crippen molar-refractivity contribution in [1.82, 2.24) is 0 Å². The van der Waals surface area contributed by atoms with Crippen LogP contribution in [-0.4, -0.2) is 39.3 Å². The molecule has 2 aromatic rings. The molecule has 0 bridgehead atoms. The second kappa shape index (κ2) is 8.52. The van der Waals surface area contributed by atoms with Crippen LogP contribution in [0.25, 0.3) is 0 Å². The van der Waals surface area contributed by atoms with Gasteiger partial charge in [-0.25, -0.2) is 4.79 Å². The van der Waals surface area contributed by atoms with Gasteiger partial charge in [0, 0.05) is 29.5 Å². The lowest BCUT2D eigenvalue weighted by Crippen LogP contribution is -2.16. The van der Waals surface area contributed by atoms with Gasteiger partial charge in [0.15, 0.2) is 11.5 Å². The standard InChI is InChI=1S/C20H23NO5S/c1-12-5-6-13(20(22)26-12)15-11-17(27-10-9-21-15)14-7-8-16(23-2)19(25-4)18(14)24-3/h5-8,17H,9-11H2,1-4H3. The zero-order valence-corrected chi connectivity index (χ0v) is 16.7. The molecule has 144 valence electrons. The molecule has 1 unspecified atom stereocenters. The molecule has 27 heavy (non-hydrogen) atoms. The maximum atomic E-state index is 12.3. The predicted octanol–water partition coefficient (Wildman–Crippen LogP) is 3.64. The molecule has 0 fully saturated rings. The Balaban J connectivity index is 2.00. The topological polar surface area (TPSA) is 70.3 Å². The largest absolute Gasteiger partial charge is 0.493 e. The first-order valence-corrected chi connectivity index (χ1v) is 9.68. The van der Waals surface area contributed by atoms with Gasteiger partial charge in [-0.3, -0.25) is 4.99 Å². The third-order valence-electron chi connectivity index (χ3n) is 4.44. The summed E-state index contributed by atoms with van der Waals surface area (Å²) in [6.07, 6.45) is 0.602. The molecule has 1 aromatic carbocycles. The summed E-state index contributed by atoms with van der Waals surface area (Å²) >= 11 is 1.78. The van der Waals surface area contributed by atoms with Crippen molar-refractivity contribution in [1.29, 1.82) is 0 Å². The van der Waals surface area contributed by atoms with Crippen molar-refractivity contribution in [3.8, 4) is 17.2 Å². The Morgan fingerprint density at radius 3 is 2.52 bits per heavy atom. The summed E-state index contributed by atoms with van der Waals surface area (Å²) in [5.74, 6) is 3.26. The summed E-state index contributed by atoms with van der Waals surface area (Å²) in [7, 11) is 4.80. The molecule has 6 nitrogen and oxygen atoms in total. The first kappa shape index (κ1) is 19.4. The average Bonchev–Trinajstić information content (AvgIpc) is 2.92. The number of benzene rings is 1. The number of nitrogens with zero attached hydrogens (tertiary/aromatic N) is 1. The van der Waals surface area contributed by atoms with Crippen LogP contribution in [0.4, 0.5) is 0 Å². The van der Waals surface area contributed by atoms with Crippen LogP contribution in [0, 0.1) is 6.92 Å². The summed E-state index contributed by atoms with van der Waals surface area (Å²) < 4.78 is 21.8. The zero-order chi connectivity index (χ0) is 19.4. The molecule has 7 heteroatoms. The first-order valence-electron chi connectivity index (χ1n) is 8.64. The quantitative estimate of drug-likeness (QED) is 0.778. The van der Waals surface area contributed by atoms with E-state index in [2.05, 4.69) is 4.99 Å². The van der Waals surface area contributed by atoms with Gasteiger partial charge in [-0.1, -0.05) is 6.07 Å². The molecule has 0 radical (unpaired) electrons. The average molecular weight is 389 g/mol. The van der Waals surface area contributed by atoms with Crippen molar-refractivity contribution in [2.24, 2.45) is 4.99 Å². The fourth-order valence-corrected chi connectivity index (χ4v) is 4.29. The van der Waals surface area contributed by atoms with Crippen molar-refractivity contribution >= 4 is 17.5 Å². The second-order valence-electron chi connectivity index (χ2n) is 6.06. The van der Waals surface area contributed by atoms with E-state index in [0.717, 1.165) is 17.0 Å². The molecule has 0 saturated heterocycles. The molecule has 3 rings (SSSR count). The number of hydrogen-bond donors (Lipinski definition) is 0.